The van der Waals surface area contributed by atoms with Crippen molar-refractivity contribution in [1.82, 2.24) is 15.1 Å². The highest BCUT2D eigenvalue weighted by Crippen LogP contribution is 2.26. The SMILES string of the molecule is CN(CC(=O)O)C(=O)NC1CCN2CCCC2C1. The van der Waals surface area contributed by atoms with Crippen molar-refractivity contribution < 1.29 is 14.7 Å². The molecule has 18 heavy (non-hydrogen) atoms. The maximum absolute atomic E-state index is 11.8. The summed E-state index contributed by atoms with van der Waals surface area (Å²) in [5.74, 6) is -0.988. The number of aliphatic carboxylic acids is 1. The third-order valence-electron chi connectivity index (χ3n) is 3.87. The Morgan fingerprint density at radius 1 is 1.39 bits per heavy atom. The van der Waals surface area contributed by atoms with Crippen LogP contribution >= 0.6 is 0 Å². The van der Waals surface area contributed by atoms with Crippen molar-refractivity contribution in [2.24, 2.45) is 0 Å². The molecule has 0 aromatic rings. The lowest BCUT2D eigenvalue weighted by atomic mass is 9.98. The molecule has 6 heteroatoms. The van der Waals surface area contributed by atoms with Crippen LogP contribution in [0.25, 0.3) is 0 Å². The minimum absolute atomic E-state index is 0.188. The molecular weight excluding hydrogens is 234 g/mol. The summed E-state index contributed by atoms with van der Waals surface area (Å²) in [6.07, 6.45) is 4.43. The summed E-state index contributed by atoms with van der Waals surface area (Å²) in [5, 5.41) is 11.6. The zero-order chi connectivity index (χ0) is 13.1. The van der Waals surface area contributed by atoms with E-state index in [1.54, 1.807) is 0 Å². The molecule has 102 valence electrons. The summed E-state index contributed by atoms with van der Waals surface area (Å²) in [4.78, 5) is 26.0. The Labute approximate surface area is 107 Å². The first-order valence-electron chi connectivity index (χ1n) is 6.53. The fourth-order valence-electron chi connectivity index (χ4n) is 2.91. The molecule has 2 rings (SSSR count). The average Bonchev–Trinajstić information content (AvgIpc) is 2.75. The van der Waals surface area contributed by atoms with Crippen LogP contribution in [-0.2, 0) is 4.79 Å². The standard InChI is InChI=1S/C12H21N3O3/c1-14(8-11(16)17)12(18)13-9-4-6-15-5-2-3-10(15)7-9/h9-10H,2-8H2,1H3,(H,13,18)(H,16,17). The van der Waals surface area contributed by atoms with Crippen molar-refractivity contribution in [1.29, 1.82) is 0 Å². The number of piperidine rings is 1. The molecule has 2 fully saturated rings. The van der Waals surface area contributed by atoms with Crippen LogP contribution in [-0.4, -0.2) is 65.7 Å². The quantitative estimate of drug-likeness (QED) is 0.762. The number of hydrogen-bond donors (Lipinski definition) is 2. The predicted molar refractivity (Wildman–Crippen MR) is 66.4 cm³/mol. The van der Waals surface area contributed by atoms with Gasteiger partial charge in [-0.2, -0.15) is 0 Å². The highest BCUT2D eigenvalue weighted by Gasteiger charge is 2.32. The number of urea groups is 1. The fraction of sp³-hybridized carbons (Fsp3) is 0.833. The van der Waals surface area contributed by atoms with Gasteiger partial charge in [0.05, 0.1) is 0 Å². The number of fused-ring (bicyclic) bond motifs is 1. The number of likely N-dealkylation sites (N-methyl/N-ethyl adjacent to an activating group) is 1. The van der Waals surface area contributed by atoms with Gasteiger partial charge < -0.3 is 20.2 Å². The van der Waals surface area contributed by atoms with E-state index in [4.69, 9.17) is 5.11 Å². The van der Waals surface area contributed by atoms with Crippen LogP contribution in [0.3, 0.4) is 0 Å². The maximum Gasteiger partial charge on any atom is 0.323 e. The first-order chi connectivity index (χ1) is 8.56. The third kappa shape index (κ3) is 3.13. The number of amides is 2. The molecule has 0 saturated carbocycles. The Morgan fingerprint density at radius 2 is 2.17 bits per heavy atom. The summed E-state index contributed by atoms with van der Waals surface area (Å²) in [6, 6.07) is 0.510. The third-order valence-corrected chi connectivity index (χ3v) is 3.87. The highest BCUT2D eigenvalue weighted by atomic mass is 16.4. The molecule has 0 radical (unpaired) electrons. The Bertz CT molecular complexity index is 335. The first-order valence-corrected chi connectivity index (χ1v) is 6.53. The molecule has 6 nitrogen and oxygen atoms in total. The summed E-state index contributed by atoms with van der Waals surface area (Å²) >= 11 is 0. The molecule has 2 unspecified atom stereocenters. The zero-order valence-corrected chi connectivity index (χ0v) is 10.8. The number of rotatable bonds is 3. The molecule has 0 aromatic heterocycles. The van der Waals surface area contributed by atoms with E-state index < -0.39 is 5.97 Å². The Kier molecular flexibility index (Phi) is 4.06. The number of carbonyl (C=O) groups is 2. The van der Waals surface area contributed by atoms with Gasteiger partial charge >= 0.3 is 12.0 Å². The fourth-order valence-corrected chi connectivity index (χ4v) is 2.91. The van der Waals surface area contributed by atoms with Crippen LogP contribution in [0.5, 0.6) is 0 Å². The number of carbonyl (C=O) groups excluding carboxylic acids is 1. The molecule has 2 saturated heterocycles. The Morgan fingerprint density at radius 3 is 2.89 bits per heavy atom. The van der Waals surface area contributed by atoms with Crippen LogP contribution in [0, 0.1) is 0 Å². The second-order valence-corrected chi connectivity index (χ2v) is 5.25. The molecule has 0 aromatic carbocycles. The van der Waals surface area contributed by atoms with Gasteiger partial charge in [-0.25, -0.2) is 4.79 Å². The molecule has 2 aliphatic rings. The summed E-state index contributed by atoms with van der Waals surface area (Å²) in [6.45, 7) is 1.97. The minimum atomic E-state index is -0.988. The van der Waals surface area contributed by atoms with Gasteiger partial charge in [-0.05, 0) is 32.2 Å². The number of nitrogens with zero attached hydrogens (tertiary/aromatic N) is 2. The van der Waals surface area contributed by atoms with E-state index in [2.05, 4.69) is 10.2 Å². The van der Waals surface area contributed by atoms with Gasteiger partial charge in [0.15, 0.2) is 0 Å². The largest absolute Gasteiger partial charge is 0.480 e. The highest BCUT2D eigenvalue weighted by molar-refractivity contribution is 5.79. The Hall–Kier alpha value is -1.30. The van der Waals surface area contributed by atoms with Crippen LogP contribution in [0.15, 0.2) is 0 Å². The van der Waals surface area contributed by atoms with E-state index in [0.717, 1.165) is 19.4 Å². The Balaban J connectivity index is 1.79. The van der Waals surface area contributed by atoms with Crippen molar-refractivity contribution >= 4 is 12.0 Å². The van der Waals surface area contributed by atoms with E-state index in [0.29, 0.717) is 6.04 Å². The van der Waals surface area contributed by atoms with Crippen LogP contribution in [0.2, 0.25) is 0 Å². The van der Waals surface area contributed by atoms with Crippen molar-refractivity contribution in [3.05, 3.63) is 0 Å². The smallest absolute Gasteiger partial charge is 0.323 e. The number of carboxylic acids is 1. The lowest BCUT2D eigenvalue weighted by Gasteiger charge is -2.35. The van der Waals surface area contributed by atoms with Gasteiger partial charge in [-0.1, -0.05) is 0 Å². The first kappa shape index (κ1) is 13.1. The number of hydrogen-bond acceptors (Lipinski definition) is 3. The van der Waals surface area contributed by atoms with Gasteiger partial charge in [0, 0.05) is 25.7 Å². The lowest BCUT2D eigenvalue weighted by Crippen LogP contribution is -2.50. The van der Waals surface area contributed by atoms with Crippen LogP contribution < -0.4 is 5.32 Å². The van der Waals surface area contributed by atoms with Gasteiger partial charge in [-0.15, -0.1) is 0 Å². The van der Waals surface area contributed by atoms with Gasteiger partial charge in [0.2, 0.25) is 0 Å². The summed E-state index contributed by atoms with van der Waals surface area (Å²) in [7, 11) is 1.51. The molecule has 2 N–H and O–H groups in total. The van der Waals surface area contributed by atoms with Gasteiger partial charge in [0.1, 0.15) is 6.54 Å². The minimum Gasteiger partial charge on any atom is -0.480 e. The summed E-state index contributed by atoms with van der Waals surface area (Å²) in [5.41, 5.74) is 0. The van der Waals surface area contributed by atoms with E-state index in [1.165, 1.54) is 31.3 Å². The maximum atomic E-state index is 11.8. The molecule has 2 amide bonds. The number of carboxylic acid groups (broad SMARTS) is 1. The predicted octanol–water partition coefficient (Wildman–Crippen LogP) is 0.339. The van der Waals surface area contributed by atoms with E-state index in [1.807, 2.05) is 0 Å². The van der Waals surface area contributed by atoms with Crippen molar-refractivity contribution in [3.8, 4) is 0 Å². The number of nitrogens with one attached hydrogen (secondary N) is 1. The second-order valence-electron chi connectivity index (χ2n) is 5.25. The average molecular weight is 255 g/mol. The van der Waals surface area contributed by atoms with E-state index in [-0.39, 0.29) is 18.6 Å². The van der Waals surface area contributed by atoms with Crippen molar-refractivity contribution in [2.75, 3.05) is 26.7 Å². The molecule has 0 spiro atoms. The lowest BCUT2D eigenvalue weighted by molar-refractivity contribution is -0.137. The molecule has 0 aliphatic carbocycles. The molecule has 0 bridgehead atoms. The summed E-state index contributed by atoms with van der Waals surface area (Å²) < 4.78 is 0. The van der Waals surface area contributed by atoms with E-state index in [9.17, 15) is 9.59 Å². The molecular formula is C12H21N3O3. The second kappa shape index (κ2) is 5.56. The molecule has 2 heterocycles. The van der Waals surface area contributed by atoms with Crippen molar-refractivity contribution in [3.63, 3.8) is 0 Å². The molecule has 2 aliphatic heterocycles. The van der Waals surface area contributed by atoms with E-state index >= 15 is 0 Å². The van der Waals surface area contributed by atoms with Gasteiger partial charge in [0.25, 0.3) is 0 Å². The zero-order valence-electron chi connectivity index (χ0n) is 10.8. The van der Waals surface area contributed by atoms with Crippen LogP contribution in [0.4, 0.5) is 4.79 Å². The van der Waals surface area contributed by atoms with Gasteiger partial charge in [-0.3, -0.25) is 4.79 Å². The van der Waals surface area contributed by atoms with Crippen molar-refractivity contribution in [2.45, 2.75) is 37.8 Å². The topological polar surface area (TPSA) is 72.9 Å². The molecule has 2 atom stereocenters. The monoisotopic (exact) mass is 255 g/mol. The van der Waals surface area contributed by atoms with Crippen LogP contribution in [0.1, 0.15) is 25.7 Å². The normalized spacial score (nSPS) is 27.6.